The van der Waals surface area contributed by atoms with E-state index in [2.05, 4.69) is 16.0 Å². The number of anilines is 1. The lowest BCUT2D eigenvalue weighted by Crippen LogP contribution is -2.55. The predicted octanol–water partition coefficient (Wildman–Crippen LogP) is 2.91. The number of nitriles is 1. The molecule has 10 nitrogen and oxygen atoms in total. The highest BCUT2D eigenvalue weighted by atomic mass is 35.5. The lowest BCUT2D eigenvalue weighted by Gasteiger charge is -2.41. The normalized spacial score (nSPS) is 17.8. The first kappa shape index (κ1) is 22.6. The van der Waals surface area contributed by atoms with Gasteiger partial charge in [-0.1, -0.05) is 30.3 Å². The Morgan fingerprint density at radius 1 is 1.21 bits per heavy atom. The van der Waals surface area contributed by atoms with Gasteiger partial charge in [-0.15, -0.1) is 0 Å². The van der Waals surface area contributed by atoms with Crippen LogP contribution in [-0.2, 0) is 24.3 Å². The summed E-state index contributed by atoms with van der Waals surface area (Å²) < 4.78 is 5.48. The fourth-order valence-corrected chi connectivity index (χ4v) is 4.36. The van der Waals surface area contributed by atoms with Gasteiger partial charge in [-0.05, 0) is 23.6 Å². The second-order valence-corrected chi connectivity index (χ2v) is 8.23. The van der Waals surface area contributed by atoms with Crippen LogP contribution in [-0.4, -0.2) is 69.3 Å². The average molecular weight is 471 g/mol. The number of hydrogen-bond acceptors (Lipinski definition) is 7. The Morgan fingerprint density at radius 3 is 2.73 bits per heavy atom. The number of rotatable bonds is 4. The van der Waals surface area contributed by atoms with Gasteiger partial charge < -0.3 is 24.5 Å². The molecule has 0 bridgehead atoms. The topological polar surface area (TPSA) is 123 Å². The smallest absolute Gasteiger partial charge is 0.410 e. The van der Waals surface area contributed by atoms with Gasteiger partial charge in [0.25, 0.3) is 0 Å². The number of fused-ring (bicyclic) bond motifs is 1. The van der Waals surface area contributed by atoms with E-state index in [9.17, 15) is 20.0 Å². The maximum absolute atomic E-state index is 12.8. The number of piperazine rings is 1. The number of carboxylic acid groups (broad SMARTS) is 1. The summed E-state index contributed by atoms with van der Waals surface area (Å²) in [5.41, 5.74) is 2.33. The molecule has 0 aliphatic carbocycles. The van der Waals surface area contributed by atoms with Crippen LogP contribution < -0.4 is 4.90 Å². The van der Waals surface area contributed by atoms with Gasteiger partial charge in [0, 0.05) is 31.7 Å². The lowest BCUT2D eigenvalue weighted by atomic mass is 10.0. The first-order valence-corrected chi connectivity index (χ1v) is 11.0. The van der Waals surface area contributed by atoms with E-state index in [4.69, 9.17) is 16.3 Å². The van der Waals surface area contributed by atoms with Crippen LogP contribution in [0, 0.1) is 11.3 Å². The molecule has 11 heteroatoms. The molecule has 0 unspecified atom stereocenters. The molecule has 0 saturated carbocycles. The fraction of sp³-hybridized carbons (Fsp3) is 0.409. The highest BCUT2D eigenvalue weighted by Crippen LogP contribution is 2.30. The van der Waals surface area contributed by atoms with Crippen molar-refractivity contribution in [2.24, 2.45) is 0 Å². The van der Waals surface area contributed by atoms with Crippen LogP contribution in [0.3, 0.4) is 0 Å². The number of hydrogen-bond donors (Lipinski definition) is 1. The predicted molar refractivity (Wildman–Crippen MR) is 119 cm³/mol. The summed E-state index contributed by atoms with van der Waals surface area (Å²) in [7, 11) is 0. The highest BCUT2D eigenvalue weighted by Gasteiger charge is 2.34. The number of amides is 2. The van der Waals surface area contributed by atoms with Crippen LogP contribution in [0.4, 0.5) is 15.4 Å². The molecule has 2 amide bonds. The first-order valence-electron chi connectivity index (χ1n) is 10.6. The van der Waals surface area contributed by atoms with E-state index in [1.807, 2.05) is 35.2 Å². The first-order chi connectivity index (χ1) is 16.0. The van der Waals surface area contributed by atoms with Crippen LogP contribution in [0.25, 0.3) is 0 Å². The van der Waals surface area contributed by atoms with E-state index in [-0.39, 0.29) is 30.9 Å². The fourth-order valence-electron chi connectivity index (χ4n) is 4.18. The molecule has 4 rings (SSSR count). The van der Waals surface area contributed by atoms with Gasteiger partial charge in [0.1, 0.15) is 12.4 Å². The van der Waals surface area contributed by atoms with E-state index >= 15 is 0 Å². The van der Waals surface area contributed by atoms with Gasteiger partial charge in [-0.25, -0.2) is 19.6 Å². The summed E-state index contributed by atoms with van der Waals surface area (Å²) in [5, 5.41) is 18.7. The van der Waals surface area contributed by atoms with Crippen molar-refractivity contribution in [1.29, 1.82) is 5.26 Å². The van der Waals surface area contributed by atoms with Gasteiger partial charge in [0.15, 0.2) is 0 Å². The molecule has 1 atom stereocenters. The molecule has 3 heterocycles. The van der Waals surface area contributed by atoms with Gasteiger partial charge in [-0.2, -0.15) is 5.26 Å². The lowest BCUT2D eigenvalue weighted by molar-refractivity contribution is 0.0768. The van der Waals surface area contributed by atoms with Crippen LogP contribution in [0.5, 0.6) is 0 Å². The maximum Gasteiger partial charge on any atom is 0.410 e. The molecule has 1 fully saturated rings. The molecule has 1 aromatic carbocycles. The summed E-state index contributed by atoms with van der Waals surface area (Å²) in [6.45, 7) is 1.87. The molecule has 0 radical (unpaired) electrons. The molecule has 1 aromatic heterocycles. The third-order valence-corrected chi connectivity index (χ3v) is 6.00. The van der Waals surface area contributed by atoms with Crippen molar-refractivity contribution in [3.63, 3.8) is 0 Å². The molecular weight excluding hydrogens is 448 g/mol. The maximum atomic E-state index is 12.8. The zero-order valence-corrected chi connectivity index (χ0v) is 18.6. The summed E-state index contributed by atoms with van der Waals surface area (Å²) in [6, 6.07) is 11.2. The molecule has 0 spiro atoms. The Kier molecular flexibility index (Phi) is 6.79. The Hall–Kier alpha value is -3.58. The number of nitrogens with zero attached hydrogens (tertiary/aromatic N) is 6. The van der Waals surface area contributed by atoms with Crippen molar-refractivity contribution in [2.75, 3.05) is 31.1 Å². The van der Waals surface area contributed by atoms with E-state index in [1.165, 1.54) is 4.90 Å². The quantitative estimate of drug-likeness (QED) is 0.676. The van der Waals surface area contributed by atoms with E-state index in [1.54, 1.807) is 4.90 Å². The third kappa shape index (κ3) is 5.09. The van der Waals surface area contributed by atoms with Crippen molar-refractivity contribution in [3.8, 4) is 6.07 Å². The Labute approximate surface area is 196 Å². The standard InChI is InChI=1S/C22H23ClN6O4/c23-20-25-18-13-28(21(30)31)9-7-17(18)19(26-20)27-10-11-29(16(12-27)6-8-24)22(32)33-14-15-4-2-1-3-5-15/h1-5,16H,6-7,9-14H2,(H,30,31)/t16-/m1/s1. The molecule has 33 heavy (non-hydrogen) atoms. The number of carbonyl (C=O) groups is 2. The number of ether oxygens (including phenoxy) is 1. The highest BCUT2D eigenvalue weighted by molar-refractivity contribution is 6.28. The Morgan fingerprint density at radius 2 is 2.00 bits per heavy atom. The van der Waals surface area contributed by atoms with E-state index in [0.29, 0.717) is 44.1 Å². The summed E-state index contributed by atoms with van der Waals surface area (Å²) in [6.07, 6.45) is -0.853. The van der Waals surface area contributed by atoms with Gasteiger partial charge >= 0.3 is 12.2 Å². The molecule has 2 aliphatic rings. The number of aromatic nitrogens is 2. The van der Waals surface area contributed by atoms with Crippen LogP contribution >= 0.6 is 11.6 Å². The van der Waals surface area contributed by atoms with Crippen LogP contribution in [0.15, 0.2) is 30.3 Å². The second-order valence-electron chi connectivity index (χ2n) is 7.89. The minimum Gasteiger partial charge on any atom is -0.465 e. The minimum absolute atomic E-state index is 0.0394. The molecule has 172 valence electrons. The largest absolute Gasteiger partial charge is 0.465 e. The monoisotopic (exact) mass is 470 g/mol. The molecule has 2 aromatic rings. The Bertz CT molecular complexity index is 1080. The third-order valence-electron chi connectivity index (χ3n) is 5.84. The van der Waals surface area contributed by atoms with Gasteiger partial charge in [0.2, 0.25) is 5.28 Å². The van der Waals surface area contributed by atoms with Crippen molar-refractivity contribution >= 4 is 29.6 Å². The van der Waals surface area contributed by atoms with Crippen molar-refractivity contribution in [1.82, 2.24) is 19.8 Å². The van der Waals surface area contributed by atoms with Crippen LogP contribution in [0.2, 0.25) is 5.28 Å². The average Bonchev–Trinajstić information content (AvgIpc) is 2.82. The summed E-state index contributed by atoms with van der Waals surface area (Å²) >= 11 is 6.15. The number of benzene rings is 1. The molecular formula is C22H23ClN6O4. The summed E-state index contributed by atoms with van der Waals surface area (Å²) in [4.78, 5) is 37.6. The van der Waals surface area contributed by atoms with E-state index in [0.717, 1.165) is 11.1 Å². The van der Waals surface area contributed by atoms with E-state index < -0.39 is 12.2 Å². The minimum atomic E-state index is -1.01. The van der Waals surface area contributed by atoms with Crippen molar-refractivity contribution < 1.29 is 19.4 Å². The molecule has 2 aliphatic heterocycles. The Balaban J connectivity index is 1.49. The second kappa shape index (κ2) is 9.92. The molecule has 1 saturated heterocycles. The van der Waals surface area contributed by atoms with Crippen molar-refractivity contribution in [2.45, 2.75) is 32.0 Å². The zero-order chi connectivity index (χ0) is 23.4. The zero-order valence-electron chi connectivity index (χ0n) is 17.9. The van der Waals surface area contributed by atoms with Crippen molar-refractivity contribution in [3.05, 3.63) is 52.4 Å². The number of carbonyl (C=O) groups excluding carboxylic acids is 1. The summed E-state index contributed by atoms with van der Waals surface area (Å²) in [5.74, 6) is 0.635. The van der Waals surface area contributed by atoms with Gasteiger partial charge in [0.05, 0.1) is 30.8 Å². The van der Waals surface area contributed by atoms with Gasteiger partial charge in [-0.3, -0.25) is 0 Å². The van der Waals surface area contributed by atoms with Crippen LogP contribution in [0.1, 0.15) is 23.2 Å². The SMILES string of the molecule is N#CC[C@@H]1CN(c2nc(Cl)nc3c2CCN(C(=O)O)C3)CCN1C(=O)OCc1ccccc1. The number of halogens is 1. The molecule has 1 N–H and O–H groups in total.